The van der Waals surface area contributed by atoms with Gasteiger partial charge in [-0.1, -0.05) is 22.6 Å². The fourth-order valence-electron chi connectivity index (χ4n) is 2.98. The average molecular weight is 352 g/mol. The van der Waals surface area contributed by atoms with Gasteiger partial charge in [0.25, 0.3) is 0 Å². The highest BCUT2D eigenvalue weighted by atomic mass is 127. The minimum atomic E-state index is -0.550. The van der Waals surface area contributed by atoms with E-state index in [9.17, 15) is 9.90 Å². The molecule has 4 atom stereocenters. The summed E-state index contributed by atoms with van der Waals surface area (Å²) in [5.74, 6) is -0.00802. The molecule has 1 fully saturated rings. The second-order valence-electron chi connectivity index (χ2n) is 4.80. The van der Waals surface area contributed by atoms with Gasteiger partial charge in [0, 0.05) is 17.3 Å². The molecule has 1 aliphatic heterocycles. The SMILES string of the molecule is CC(=O)OC1CC2C(C)=COC1(CI)C2CO. The van der Waals surface area contributed by atoms with Crippen LogP contribution >= 0.6 is 22.6 Å². The monoisotopic (exact) mass is 352 g/mol. The number of allylic oxidation sites excluding steroid dienone is 1. The van der Waals surface area contributed by atoms with E-state index >= 15 is 0 Å². The van der Waals surface area contributed by atoms with E-state index in [1.54, 1.807) is 6.26 Å². The summed E-state index contributed by atoms with van der Waals surface area (Å²) in [6, 6.07) is 0. The molecule has 0 radical (unpaired) electrons. The summed E-state index contributed by atoms with van der Waals surface area (Å²) in [6.45, 7) is 3.48. The second kappa shape index (κ2) is 4.76. The summed E-state index contributed by atoms with van der Waals surface area (Å²) in [4.78, 5) is 11.2. The van der Waals surface area contributed by atoms with Crippen molar-refractivity contribution in [1.82, 2.24) is 0 Å². The molecule has 1 saturated carbocycles. The third-order valence-corrected chi connectivity index (χ3v) is 5.08. The first-order chi connectivity index (χ1) is 8.05. The molecule has 17 heavy (non-hydrogen) atoms. The van der Waals surface area contributed by atoms with Crippen molar-refractivity contribution in [3.63, 3.8) is 0 Å². The Labute approximate surface area is 114 Å². The Bertz CT molecular complexity index is 354. The first-order valence-electron chi connectivity index (χ1n) is 5.73. The van der Waals surface area contributed by atoms with Crippen LogP contribution in [0.25, 0.3) is 0 Å². The van der Waals surface area contributed by atoms with E-state index < -0.39 is 5.60 Å². The molecule has 96 valence electrons. The van der Waals surface area contributed by atoms with E-state index in [0.29, 0.717) is 4.43 Å². The van der Waals surface area contributed by atoms with E-state index in [1.165, 1.54) is 6.92 Å². The Morgan fingerprint density at radius 3 is 3.00 bits per heavy atom. The van der Waals surface area contributed by atoms with Crippen molar-refractivity contribution in [3.05, 3.63) is 11.8 Å². The van der Waals surface area contributed by atoms with Crippen LogP contribution in [0.15, 0.2) is 11.8 Å². The average Bonchev–Trinajstić information content (AvgIpc) is 2.52. The number of carbonyl (C=O) groups excluding carboxylic acids is 1. The zero-order valence-electron chi connectivity index (χ0n) is 9.98. The number of halogens is 1. The largest absolute Gasteiger partial charge is 0.490 e. The molecule has 5 heteroatoms. The van der Waals surface area contributed by atoms with Crippen molar-refractivity contribution < 1.29 is 19.4 Å². The molecule has 0 aromatic carbocycles. The second-order valence-corrected chi connectivity index (χ2v) is 5.56. The molecule has 4 unspecified atom stereocenters. The van der Waals surface area contributed by atoms with Crippen molar-refractivity contribution in [2.75, 3.05) is 11.0 Å². The molecule has 1 N–H and O–H groups in total. The maximum absolute atomic E-state index is 11.2. The van der Waals surface area contributed by atoms with Crippen LogP contribution in [0.1, 0.15) is 20.3 Å². The van der Waals surface area contributed by atoms with Crippen LogP contribution in [0.5, 0.6) is 0 Å². The Balaban J connectivity index is 2.32. The number of hydrogen-bond acceptors (Lipinski definition) is 4. The summed E-state index contributed by atoms with van der Waals surface area (Å²) in [5, 5.41) is 9.59. The number of hydrogen-bond donors (Lipinski definition) is 1. The highest BCUT2D eigenvalue weighted by Crippen LogP contribution is 2.51. The minimum Gasteiger partial charge on any atom is -0.490 e. The van der Waals surface area contributed by atoms with Crippen LogP contribution in [-0.4, -0.2) is 33.8 Å². The topological polar surface area (TPSA) is 55.8 Å². The molecule has 0 aromatic rings. The molecule has 1 aliphatic carbocycles. The molecule has 4 nitrogen and oxygen atoms in total. The van der Waals surface area contributed by atoms with E-state index in [0.717, 1.165) is 12.0 Å². The van der Waals surface area contributed by atoms with Crippen LogP contribution in [-0.2, 0) is 14.3 Å². The molecule has 2 bridgehead atoms. The van der Waals surface area contributed by atoms with Gasteiger partial charge in [-0.15, -0.1) is 0 Å². The number of ether oxygens (including phenoxy) is 2. The number of aliphatic hydroxyl groups is 1. The fraction of sp³-hybridized carbons (Fsp3) is 0.750. The number of carbonyl (C=O) groups is 1. The summed E-state index contributed by atoms with van der Waals surface area (Å²) < 4.78 is 11.9. The smallest absolute Gasteiger partial charge is 0.303 e. The van der Waals surface area contributed by atoms with Gasteiger partial charge in [-0.2, -0.15) is 0 Å². The molecule has 2 rings (SSSR count). The van der Waals surface area contributed by atoms with Crippen LogP contribution < -0.4 is 0 Å². The lowest BCUT2D eigenvalue weighted by Crippen LogP contribution is -2.51. The normalized spacial score (nSPS) is 39.5. The first-order valence-corrected chi connectivity index (χ1v) is 7.26. The summed E-state index contributed by atoms with van der Waals surface area (Å²) in [5.41, 5.74) is 0.574. The Kier molecular flexibility index (Phi) is 3.68. The van der Waals surface area contributed by atoms with Crippen LogP contribution in [0.4, 0.5) is 0 Å². The number of fused-ring (bicyclic) bond motifs is 2. The lowest BCUT2D eigenvalue weighted by molar-refractivity contribution is -0.161. The van der Waals surface area contributed by atoms with Crippen molar-refractivity contribution >= 4 is 28.6 Å². The third-order valence-electron chi connectivity index (χ3n) is 3.89. The summed E-state index contributed by atoms with van der Waals surface area (Å²) in [7, 11) is 0. The van der Waals surface area contributed by atoms with Crippen molar-refractivity contribution in [3.8, 4) is 0 Å². The van der Waals surface area contributed by atoms with Crippen molar-refractivity contribution in [2.45, 2.75) is 32.0 Å². The molecule has 2 aliphatic rings. The summed E-state index contributed by atoms with van der Waals surface area (Å²) in [6.07, 6.45) is 2.25. The zero-order valence-corrected chi connectivity index (χ0v) is 12.1. The fourth-order valence-corrected chi connectivity index (χ4v) is 4.21. The highest BCUT2D eigenvalue weighted by molar-refractivity contribution is 14.1. The number of esters is 1. The number of aliphatic hydroxyl groups excluding tert-OH is 1. The molecule has 0 saturated heterocycles. The van der Waals surface area contributed by atoms with Gasteiger partial charge in [0.05, 0.1) is 12.9 Å². The maximum atomic E-state index is 11.2. The van der Waals surface area contributed by atoms with Gasteiger partial charge in [-0.25, -0.2) is 0 Å². The molecule has 0 amide bonds. The standard InChI is InChI=1S/C12H17IO4/c1-7-5-16-12(6-13)10(4-14)9(7)3-11(12)17-8(2)15/h5,9-11,14H,3-4,6H2,1-2H3. The van der Waals surface area contributed by atoms with Crippen molar-refractivity contribution in [1.29, 1.82) is 0 Å². The van der Waals surface area contributed by atoms with Gasteiger partial charge in [0.15, 0.2) is 5.60 Å². The lowest BCUT2D eigenvalue weighted by atomic mass is 9.82. The predicted molar refractivity (Wildman–Crippen MR) is 70.7 cm³/mol. The maximum Gasteiger partial charge on any atom is 0.303 e. The van der Waals surface area contributed by atoms with Gasteiger partial charge >= 0.3 is 5.97 Å². The molecule has 1 heterocycles. The van der Waals surface area contributed by atoms with Crippen molar-refractivity contribution in [2.24, 2.45) is 11.8 Å². The molecular weight excluding hydrogens is 335 g/mol. The van der Waals surface area contributed by atoms with E-state index in [2.05, 4.69) is 22.6 Å². The molecule has 0 aromatic heterocycles. The Morgan fingerprint density at radius 2 is 2.47 bits per heavy atom. The third kappa shape index (κ3) is 1.97. The number of rotatable bonds is 3. The predicted octanol–water partition coefficient (Wildman–Crippen LogP) is 1.65. The van der Waals surface area contributed by atoms with Gasteiger partial charge < -0.3 is 14.6 Å². The van der Waals surface area contributed by atoms with E-state index in [-0.39, 0.29) is 30.5 Å². The number of alkyl halides is 1. The minimum absolute atomic E-state index is 0.0220. The summed E-state index contributed by atoms with van der Waals surface area (Å²) >= 11 is 2.24. The van der Waals surface area contributed by atoms with Gasteiger partial charge in [-0.3, -0.25) is 4.79 Å². The van der Waals surface area contributed by atoms with Gasteiger partial charge in [-0.05, 0) is 24.8 Å². The Hall–Kier alpha value is -0.300. The Morgan fingerprint density at radius 1 is 1.76 bits per heavy atom. The zero-order chi connectivity index (χ0) is 12.6. The molecule has 0 spiro atoms. The lowest BCUT2D eigenvalue weighted by Gasteiger charge is -2.40. The first kappa shape index (κ1) is 13.1. The van der Waals surface area contributed by atoms with Crippen LogP contribution in [0, 0.1) is 11.8 Å². The van der Waals surface area contributed by atoms with Crippen LogP contribution in [0.3, 0.4) is 0 Å². The van der Waals surface area contributed by atoms with Gasteiger partial charge in [0.1, 0.15) is 6.10 Å². The van der Waals surface area contributed by atoms with E-state index in [1.807, 2.05) is 6.92 Å². The quantitative estimate of drug-likeness (QED) is 0.477. The van der Waals surface area contributed by atoms with Crippen LogP contribution in [0.2, 0.25) is 0 Å². The van der Waals surface area contributed by atoms with E-state index in [4.69, 9.17) is 9.47 Å². The van der Waals surface area contributed by atoms with Gasteiger partial charge in [0.2, 0.25) is 0 Å². The molecular formula is C12H17IO4. The highest BCUT2D eigenvalue weighted by Gasteiger charge is 2.60.